The second-order valence-electron chi connectivity index (χ2n) is 4.09. The van der Waals surface area contributed by atoms with E-state index in [9.17, 15) is 14.9 Å². The third-order valence-corrected chi connectivity index (χ3v) is 3.24. The predicted octanol–water partition coefficient (Wildman–Crippen LogP) is 2.90. The van der Waals surface area contributed by atoms with Gasteiger partial charge in [-0.1, -0.05) is 15.9 Å². The zero-order chi connectivity index (χ0) is 15.4. The van der Waals surface area contributed by atoms with E-state index in [-0.39, 0.29) is 16.9 Å². The largest absolute Gasteiger partial charge is 0.322 e. The van der Waals surface area contributed by atoms with Crippen LogP contribution in [-0.2, 0) is 0 Å². The number of amides is 1. The maximum absolute atomic E-state index is 12.1. The Morgan fingerprint density at radius 3 is 2.43 bits per heavy atom. The van der Waals surface area contributed by atoms with Gasteiger partial charge in [0.1, 0.15) is 5.69 Å². The second-order valence-corrected chi connectivity index (χ2v) is 5.01. The first-order valence-corrected chi connectivity index (χ1v) is 6.62. The summed E-state index contributed by atoms with van der Waals surface area (Å²) in [6.07, 6.45) is 0. The van der Waals surface area contributed by atoms with Crippen LogP contribution in [0.1, 0.15) is 10.4 Å². The Kier molecular flexibility index (Phi) is 4.51. The van der Waals surface area contributed by atoms with Crippen LogP contribution < -0.4 is 16.6 Å². The lowest BCUT2D eigenvalue weighted by Gasteiger charge is -2.07. The third kappa shape index (κ3) is 3.56. The first-order valence-electron chi connectivity index (χ1n) is 5.83. The van der Waals surface area contributed by atoms with Crippen LogP contribution in [0.4, 0.5) is 17.1 Å². The van der Waals surface area contributed by atoms with Gasteiger partial charge in [-0.2, -0.15) is 0 Å². The molecule has 0 radical (unpaired) electrons. The number of rotatable bonds is 4. The lowest BCUT2D eigenvalue weighted by atomic mass is 10.1. The molecule has 2 aromatic rings. The Morgan fingerprint density at radius 1 is 1.19 bits per heavy atom. The zero-order valence-corrected chi connectivity index (χ0v) is 12.3. The number of carbonyl (C=O) groups is 1. The summed E-state index contributed by atoms with van der Waals surface area (Å²) in [6.45, 7) is 0. The molecule has 0 fully saturated rings. The number of carbonyl (C=O) groups excluding carboxylic acids is 1. The number of nitro groups is 1. The molecule has 0 aromatic heterocycles. The summed E-state index contributed by atoms with van der Waals surface area (Å²) in [7, 11) is 0. The first kappa shape index (κ1) is 14.9. The summed E-state index contributed by atoms with van der Waals surface area (Å²) in [5.74, 6) is 4.75. The molecule has 8 heteroatoms. The molecular weight excluding hydrogens is 340 g/mol. The van der Waals surface area contributed by atoms with Crippen LogP contribution in [0.2, 0.25) is 0 Å². The molecule has 0 spiro atoms. The summed E-state index contributed by atoms with van der Waals surface area (Å²) in [5.41, 5.74) is 2.86. The molecule has 0 bridgehead atoms. The molecule has 0 saturated heterocycles. The van der Waals surface area contributed by atoms with Crippen LogP contribution in [0.3, 0.4) is 0 Å². The van der Waals surface area contributed by atoms with E-state index >= 15 is 0 Å². The molecule has 4 N–H and O–H groups in total. The molecule has 21 heavy (non-hydrogen) atoms. The Morgan fingerprint density at radius 2 is 1.86 bits per heavy atom. The zero-order valence-electron chi connectivity index (χ0n) is 10.7. The van der Waals surface area contributed by atoms with Gasteiger partial charge >= 0.3 is 0 Å². The molecule has 1 amide bonds. The summed E-state index contributed by atoms with van der Waals surface area (Å²) in [6, 6.07) is 11.0. The van der Waals surface area contributed by atoms with Gasteiger partial charge in [0, 0.05) is 21.8 Å². The number of nitrogens with zero attached hydrogens (tertiary/aromatic N) is 1. The molecule has 7 nitrogen and oxygen atoms in total. The molecule has 2 rings (SSSR count). The highest BCUT2D eigenvalue weighted by molar-refractivity contribution is 9.10. The molecule has 0 aliphatic heterocycles. The van der Waals surface area contributed by atoms with Crippen LogP contribution >= 0.6 is 15.9 Å². The lowest BCUT2D eigenvalue weighted by Crippen LogP contribution is -2.14. The van der Waals surface area contributed by atoms with Crippen molar-refractivity contribution in [3.05, 3.63) is 62.6 Å². The van der Waals surface area contributed by atoms with E-state index in [4.69, 9.17) is 5.84 Å². The van der Waals surface area contributed by atoms with Crippen molar-refractivity contribution in [2.75, 3.05) is 10.7 Å². The van der Waals surface area contributed by atoms with E-state index in [0.717, 1.165) is 4.47 Å². The van der Waals surface area contributed by atoms with Gasteiger partial charge in [0.05, 0.1) is 4.92 Å². The molecular formula is C13H11BrN4O3. The van der Waals surface area contributed by atoms with E-state index in [1.54, 1.807) is 24.3 Å². The standard InChI is InChI=1S/C13H11BrN4O3/c14-9-2-4-10(5-3-9)16-13(19)8-1-6-11(17-15)12(7-8)18(20)21/h1-7,17H,15H2,(H,16,19). The quantitative estimate of drug-likeness (QED) is 0.446. The summed E-state index contributed by atoms with van der Waals surface area (Å²) >= 11 is 3.29. The average molecular weight is 351 g/mol. The number of nitro benzene ring substituents is 1. The summed E-state index contributed by atoms with van der Waals surface area (Å²) in [4.78, 5) is 22.4. The first-order chi connectivity index (χ1) is 10.0. The fourth-order valence-corrected chi connectivity index (χ4v) is 1.95. The van der Waals surface area contributed by atoms with Gasteiger partial charge in [0.15, 0.2) is 0 Å². The fourth-order valence-electron chi connectivity index (χ4n) is 1.68. The van der Waals surface area contributed by atoms with Crippen molar-refractivity contribution < 1.29 is 9.72 Å². The van der Waals surface area contributed by atoms with Crippen molar-refractivity contribution in [3.8, 4) is 0 Å². The van der Waals surface area contributed by atoms with Crippen molar-refractivity contribution in [2.24, 2.45) is 5.84 Å². The van der Waals surface area contributed by atoms with Gasteiger partial charge < -0.3 is 10.7 Å². The summed E-state index contributed by atoms with van der Waals surface area (Å²) < 4.78 is 0.884. The molecule has 0 aliphatic rings. The number of halogens is 1. The molecule has 0 aliphatic carbocycles. The van der Waals surface area contributed by atoms with Crippen molar-refractivity contribution >= 4 is 38.9 Å². The minimum absolute atomic E-state index is 0.139. The third-order valence-electron chi connectivity index (χ3n) is 2.71. The second kappa shape index (κ2) is 6.33. The van der Waals surface area contributed by atoms with Gasteiger partial charge in [-0.05, 0) is 36.4 Å². The topological polar surface area (TPSA) is 110 Å². The van der Waals surface area contributed by atoms with E-state index < -0.39 is 10.8 Å². The van der Waals surface area contributed by atoms with Crippen LogP contribution in [0.15, 0.2) is 46.9 Å². The Hall–Kier alpha value is -2.45. The number of nitrogens with two attached hydrogens (primary N) is 1. The van der Waals surface area contributed by atoms with Gasteiger partial charge in [0.25, 0.3) is 11.6 Å². The van der Waals surface area contributed by atoms with Gasteiger partial charge in [-0.25, -0.2) is 0 Å². The number of anilines is 2. The highest BCUT2D eigenvalue weighted by Crippen LogP contribution is 2.25. The van der Waals surface area contributed by atoms with E-state index in [2.05, 4.69) is 26.7 Å². The lowest BCUT2D eigenvalue weighted by molar-refractivity contribution is -0.384. The van der Waals surface area contributed by atoms with Gasteiger partial charge in [-0.15, -0.1) is 0 Å². The number of benzene rings is 2. The van der Waals surface area contributed by atoms with Crippen molar-refractivity contribution in [1.82, 2.24) is 0 Å². The van der Waals surface area contributed by atoms with Crippen LogP contribution in [0.5, 0.6) is 0 Å². The van der Waals surface area contributed by atoms with Gasteiger partial charge in [0.2, 0.25) is 0 Å². The molecule has 2 aromatic carbocycles. The van der Waals surface area contributed by atoms with Crippen LogP contribution in [0.25, 0.3) is 0 Å². The minimum Gasteiger partial charge on any atom is -0.322 e. The van der Waals surface area contributed by atoms with Crippen molar-refractivity contribution in [3.63, 3.8) is 0 Å². The minimum atomic E-state index is -0.606. The number of hydrogen-bond acceptors (Lipinski definition) is 5. The number of hydrazine groups is 1. The highest BCUT2D eigenvalue weighted by atomic mass is 79.9. The van der Waals surface area contributed by atoms with E-state index in [1.807, 2.05) is 0 Å². The number of hydrogen-bond donors (Lipinski definition) is 3. The summed E-state index contributed by atoms with van der Waals surface area (Å²) in [5, 5.41) is 13.6. The Labute approximate surface area is 128 Å². The Balaban J connectivity index is 2.25. The highest BCUT2D eigenvalue weighted by Gasteiger charge is 2.17. The molecule has 0 saturated carbocycles. The maximum Gasteiger partial charge on any atom is 0.294 e. The smallest absolute Gasteiger partial charge is 0.294 e. The molecule has 0 unspecified atom stereocenters. The van der Waals surface area contributed by atoms with Crippen LogP contribution in [-0.4, -0.2) is 10.8 Å². The van der Waals surface area contributed by atoms with Crippen LogP contribution in [0, 0.1) is 10.1 Å². The van der Waals surface area contributed by atoms with Gasteiger partial charge in [-0.3, -0.25) is 20.8 Å². The molecule has 108 valence electrons. The van der Waals surface area contributed by atoms with Crippen molar-refractivity contribution in [1.29, 1.82) is 0 Å². The predicted molar refractivity (Wildman–Crippen MR) is 83.0 cm³/mol. The van der Waals surface area contributed by atoms with E-state index in [1.165, 1.54) is 18.2 Å². The molecule has 0 heterocycles. The fraction of sp³-hybridized carbons (Fsp3) is 0. The number of nitrogen functional groups attached to an aromatic ring is 1. The monoisotopic (exact) mass is 350 g/mol. The number of nitrogens with one attached hydrogen (secondary N) is 2. The molecule has 0 atom stereocenters. The SMILES string of the molecule is NNc1ccc(C(=O)Nc2ccc(Br)cc2)cc1[N+](=O)[O-]. The van der Waals surface area contributed by atoms with E-state index in [0.29, 0.717) is 5.69 Å². The maximum atomic E-state index is 12.1. The normalized spacial score (nSPS) is 10.0. The average Bonchev–Trinajstić information content (AvgIpc) is 2.48. The van der Waals surface area contributed by atoms with Crippen molar-refractivity contribution in [2.45, 2.75) is 0 Å². The Bertz CT molecular complexity index is 688.